The molecule has 54 valence electrons. The quantitative estimate of drug-likeness (QED) is 0.689. The number of carbonyl (C=O) groups is 1. The molecule has 0 aliphatic carbocycles. The maximum Gasteiger partial charge on any atom is 0.258 e. The molecule has 0 aliphatic rings. The lowest BCUT2D eigenvalue weighted by molar-refractivity contribution is 0.100. The predicted molar refractivity (Wildman–Crippen MR) is 42.2 cm³/mol. The molecule has 3 heteroatoms. The molecule has 2 nitrogen and oxygen atoms in total. The van der Waals surface area contributed by atoms with Gasteiger partial charge in [-0.1, -0.05) is 6.92 Å². The number of primary amides is 1. The number of amides is 1. The van der Waals surface area contributed by atoms with Crippen molar-refractivity contribution in [2.45, 2.75) is 13.3 Å². The summed E-state index contributed by atoms with van der Waals surface area (Å²) in [5, 5.41) is 0. The van der Waals surface area contributed by atoms with Gasteiger partial charge in [0.25, 0.3) is 5.91 Å². The summed E-state index contributed by atoms with van der Waals surface area (Å²) in [6.07, 6.45) is 0.970. The first kappa shape index (κ1) is 7.28. The van der Waals surface area contributed by atoms with Crippen molar-refractivity contribution in [3.05, 3.63) is 21.9 Å². The Kier molecular flexibility index (Phi) is 2.06. The second-order valence-corrected chi connectivity index (χ2v) is 3.15. The summed E-state index contributed by atoms with van der Waals surface area (Å²) in [6, 6.07) is 3.70. The molecule has 2 N–H and O–H groups in total. The minimum absolute atomic E-state index is 0.329. The summed E-state index contributed by atoms with van der Waals surface area (Å²) >= 11 is 1.47. The number of carbonyl (C=O) groups excluding carboxylic acids is 1. The number of rotatable bonds is 2. The van der Waals surface area contributed by atoms with E-state index in [1.54, 1.807) is 6.07 Å². The third-order valence-corrected chi connectivity index (χ3v) is 2.50. The Labute approximate surface area is 63.7 Å². The minimum atomic E-state index is -0.329. The van der Waals surface area contributed by atoms with Crippen molar-refractivity contribution < 1.29 is 4.79 Å². The zero-order valence-electron chi connectivity index (χ0n) is 5.76. The van der Waals surface area contributed by atoms with E-state index in [0.717, 1.165) is 6.42 Å². The van der Waals surface area contributed by atoms with E-state index in [-0.39, 0.29) is 5.91 Å². The maximum absolute atomic E-state index is 10.6. The van der Waals surface area contributed by atoms with Crippen LogP contribution in [0.4, 0.5) is 0 Å². The van der Waals surface area contributed by atoms with Crippen molar-refractivity contribution in [1.29, 1.82) is 0 Å². The van der Waals surface area contributed by atoms with Crippen LogP contribution in [0, 0.1) is 0 Å². The molecular formula is C7H9NOS. The van der Waals surface area contributed by atoms with E-state index in [0.29, 0.717) is 4.88 Å². The van der Waals surface area contributed by atoms with E-state index in [4.69, 9.17) is 5.73 Å². The predicted octanol–water partition coefficient (Wildman–Crippen LogP) is 1.41. The molecule has 0 spiro atoms. The van der Waals surface area contributed by atoms with Crippen molar-refractivity contribution in [2.24, 2.45) is 5.73 Å². The van der Waals surface area contributed by atoms with Crippen molar-refractivity contribution in [2.75, 3.05) is 0 Å². The van der Waals surface area contributed by atoms with E-state index in [9.17, 15) is 4.79 Å². The van der Waals surface area contributed by atoms with E-state index >= 15 is 0 Å². The number of nitrogens with two attached hydrogens (primary N) is 1. The van der Waals surface area contributed by atoms with Crippen LogP contribution in [0.2, 0.25) is 0 Å². The molecule has 0 fully saturated rings. The van der Waals surface area contributed by atoms with E-state index in [1.807, 2.05) is 6.07 Å². The monoisotopic (exact) mass is 155 g/mol. The van der Waals surface area contributed by atoms with E-state index < -0.39 is 0 Å². The third kappa shape index (κ3) is 1.36. The SMILES string of the molecule is CCc1ccc(C(N)=O)s1. The molecule has 0 saturated heterocycles. The average molecular weight is 155 g/mol. The topological polar surface area (TPSA) is 43.1 Å². The van der Waals surface area contributed by atoms with Crippen molar-refractivity contribution in [3.63, 3.8) is 0 Å². The highest BCUT2D eigenvalue weighted by Gasteiger charge is 2.02. The number of aryl methyl sites for hydroxylation is 1. The standard InChI is InChI=1S/C7H9NOS/c1-2-5-3-4-6(10-5)7(8)9/h3-4H,2H2,1H3,(H2,8,9). The van der Waals surface area contributed by atoms with Gasteiger partial charge in [0.15, 0.2) is 0 Å². The van der Waals surface area contributed by atoms with Crippen molar-refractivity contribution in [3.8, 4) is 0 Å². The molecule has 0 radical (unpaired) electrons. The second-order valence-electron chi connectivity index (χ2n) is 1.98. The van der Waals surface area contributed by atoms with E-state index in [1.165, 1.54) is 16.2 Å². The van der Waals surface area contributed by atoms with Crippen LogP contribution >= 0.6 is 11.3 Å². The van der Waals surface area contributed by atoms with Gasteiger partial charge in [0.2, 0.25) is 0 Å². The highest BCUT2D eigenvalue weighted by molar-refractivity contribution is 7.14. The molecule has 0 unspecified atom stereocenters. The van der Waals surface area contributed by atoms with Gasteiger partial charge in [-0.05, 0) is 18.6 Å². The Morgan fingerprint density at radius 2 is 2.40 bits per heavy atom. The molecule has 1 heterocycles. The first-order chi connectivity index (χ1) is 4.74. The Bertz CT molecular complexity index is 242. The van der Waals surface area contributed by atoms with Gasteiger partial charge in [0.05, 0.1) is 4.88 Å². The van der Waals surface area contributed by atoms with Crippen LogP contribution in [0.3, 0.4) is 0 Å². The number of hydrogen-bond acceptors (Lipinski definition) is 2. The van der Waals surface area contributed by atoms with Gasteiger partial charge < -0.3 is 5.73 Å². The maximum atomic E-state index is 10.6. The van der Waals surface area contributed by atoms with Crippen LogP contribution in [0.25, 0.3) is 0 Å². The van der Waals surface area contributed by atoms with Gasteiger partial charge in [0.1, 0.15) is 0 Å². The highest BCUT2D eigenvalue weighted by Crippen LogP contribution is 2.15. The molecule has 0 atom stereocenters. The molecule has 1 aromatic heterocycles. The fraction of sp³-hybridized carbons (Fsp3) is 0.286. The van der Waals surface area contributed by atoms with Gasteiger partial charge in [-0.3, -0.25) is 4.79 Å². The van der Waals surface area contributed by atoms with Crippen molar-refractivity contribution >= 4 is 17.2 Å². The van der Waals surface area contributed by atoms with Crippen molar-refractivity contribution in [1.82, 2.24) is 0 Å². The zero-order chi connectivity index (χ0) is 7.56. The molecule has 0 bridgehead atoms. The van der Waals surface area contributed by atoms with E-state index in [2.05, 4.69) is 6.92 Å². The highest BCUT2D eigenvalue weighted by atomic mass is 32.1. The largest absolute Gasteiger partial charge is 0.365 e. The van der Waals surface area contributed by atoms with Crippen LogP contribution in [0.5, 0.6) is 0 Å². The summed E-state index contributed by atoms with van der Waals surface area (Å²) < 4.78 is 0. The van der Waals surface area contributed by atoms with Crippen LogP contribution in [-0.2, 0) is 6.42 Å². The fourth-order valence-corrected chi connectivity index (χ4v) is 1.50. The molecular weight excluding hydrogens is 146 g/mol. The number of thiophene rings is 1. The molecule has 1 amide bonds. The van der Waals surface area contributed by atoms with Gasteiger partial charge in [-0.15, -0.1) is 11.3 Å². The summed E-state index contributed by atoms with van der Waals surface area (Å²) in [4.78, 5) is 12.4. The lowest BCUT2D eigenvalue weighted by Gasteiger charge is -1.84. The molecule has 0 aromatic carbocycles. The Morgan fingerprint density at radius 1 is 1.70 bits per heavy atom. The Morgan fingerprint density at radius 3 is 2.70 bits per heavy atom. The zero-order valence-corrected chi connectivity index (χ0v) is 6.57. The van der Waals surface area contributed by atoms with Crippen LogP contribution in [0.15, 0.2) is 12.1 Å². The lowest BCUT2D eigenvalue weighted by Crippen LogP contribution is -2.07. The van der Waals surface area contributed by atoms with Gasteiger partial charge in [-0.2, -0.15) is 0 Å². The molecule has 0 saturated carbocycles. The first-order valence-electron chi connectivity index (χ1n) is 3.12. The van der Waals surface area contributed by atoms with Gasteiger partial charge >= 0.3 is 0 Å². The van der Waals surface area contributed by atoms with Gasteiger partial charge in [0, 0.05) is 4.88 Å². The van der Waals surface area contributed by atoms with Gasteiger partial charge in [-0.25, -0.2) is 0 Å². The summed E-state index contributed by atoms with van der Waals surface area (Å²) in [5.41, 5.74) is 5.05. The van der Waals surface area contributed by atoms with Crippen LogP contribution in [-0.4, -0.2) is 5.91 Å². The Hall–Kier alpha value is -0.830. The summed E-state index contributed by atoms with van der Waals surface area (Å²) in [5.74, 6) is -0.329. The average Bonchev–Trinajstić information content (AvgIpc) is 2.34. The summed E-state index contributed by atoms with van der Waals surface area (Å²) in [6.45, 7) is 2.05. The van der Waals surface area contributed by atoms with Crippen LogP contribution in [0.1, 0.15) is 21.5 Å². The normalized spacial score (nSPS) is 9.70. The molecule has 1 aromatic rings. The molecule has 1 rings (SSSR count). The smallest absolute Gasteiger partial charge is 0.258 e. The molecule has 0 aliphatic heterocycles. The summed E-state index contributed by atoms with van der Waals surface area (Å²) in [7, 11) is 0. The minimum Gasteiger partial charge on any atom is -0.365 e. The first-order valence-corrected chi connectivity index (χ1v) is 3.94. The number of hydrogen-bond donors (Lipinski definition) is 1. The fourth-order valence-electron chi connectivity index (χ4n) is 0.700. The Balaban J connectivity index is 2.88. The second kappa shape index (κ2) is 2.84. The lowest BCUT2D eigenvalue weighted by atomic mass is 10.4. The third-order valence-electron chi connectivity index (χ3n) is 1.25. The van der Waals surface area contributed by atoms with Crippen LogP contribution < -0.4 is 5.73 Å². The molecule has 10 heavy (non-hydrogen) atoms.